The van der Waals surface area contributed by atoms with Gasteiger partial charge in [-0.3, -0.25) is 0 Å². The maximum atomic E-state index is 13.0. The SMILES string of the molecule is CCCC1(CCC)OC(=O)C(c2ccccc2)=C(c2ccccc2)O1. The van der Waals surface area contributed by atoms with Gasteiger partial charge in [0.1, 0.15) is 11.3 Å². The van der Waals surface area contributed by atoms with Crippen LogP contribution < -0.4 is 0 Å². The van der Waals surface area contributed by atoms with E-state index in [9.17, 15) is 4.79 Å². The van der Waals surface area contributed by atoms with Gasteiger partial charge in [0.25, 0.3) is 5.79 Å². The molecule has 3 heteroatoms. The molecule has 0 saturated heterocycles. The molecule has 2 aromatic carbocycles. The van der Waals surface area contributed by atoms with Gasteiger partial charge >= 0.3 is 5.97 Å². The summed E-state index contributed by atoms with van der Waals surface area (Å²) in [6, 6.07) is 19.4. The Morgan fingerprint density at radius 1 is 0.760 bits per heavy atom. The molecule has 0 radical (unpaired) electrons. The first-order valence-corrected chi connectivity index (χ1v) is 8.96. The van der Waals surface area contributed by atoms with Crippen LogP contribution in [0.5, 0.6) is 0 Å². The van der Waals surface area contributed by atoms with E-state index in [1.165, 1.54) is 0 Å². The molecule has 0 aliphatic carbocycles. The highest BCUT2D eigenvalue weighted by molar-refractivity contribution is 6.24. The van der Waals surface area contributed by atoms with E-state index < -0.39 is 5.79 Å². The van der Waals surface area contributed by atoms with Gasteiger partial charge in [0, 0.05) is 18.4 Å². The van der Waals surface area contributed by atoms with Crippen LogP contribution >= 0.6 is 0 Å². The van der Waals surface area contributed by atoms with Gasteiger partial charge < -0.3 is 9.47 Å². The Bertz CT molecular complexity index is 741. The Hall–Kier alpha value is -2.55. The monoisotopic (exact) mass is 336 g/mol. The van der Waals surface area contributed by atoms with Gasteiger partial charge in [-0.1, -0.05) is 74.5 Å². The van der Waals surface area contributed by atoms with Crippen LogP contribution in [0.25, 0.3) is 11.3 Å². The zero-order valence-electron chi connectivity index (χ0n) is 14.8. The van der Waals surface area contributed by atoms with Gasteiger partial charge in [-0.25, -0.2) is 4.79 Å². The summed E-state index contributed by atoms with van der Waals surface area (Å²) in [4.78, 5) is 13.0. The van der Waals surface area contributed by atoms with Crippen molar-refractivity contribution in [3.05, 3.63) is 71.8 Å². The Morgan fingerprint density at radius 3 is 1.80 bits per heavy atom. The average Bonchev–Trinajstić information content (AvgIpc) is 2.63. The third kappa shape index (κ3) is 3.60. The maximum absolute atomic E-state index is 13.0. The van der Waals surface area contributed by atoms with Crippen LogP contribution in [-0.4, -0.2) is 11.8 Å². The first-order chi connectivity index (χ1) is 12.2. The minimum absolute atomic E-state index is 0.307. The predicted molar refractivity (Wildman–Crippen MR) is 99.4 cm³/mol. The lowest BCUT2D eigenvalue weighted by atomic mass is 9.97. The molecule has 1 heterocycles. The quantitative estimate of drug-likeness (QED) is 0.660. The molecule has 0 saturated carbocycles. The summed E-state index contributed by atoms with van der Waals surface area (Å²) < 4.78 is 12.3. The molecule has 0 unspecified atom stereocenters. The lowest BCUT2D eigenvalue weighted by molar-refractivity contribution is -0.212. The molecule has 0 amide bonds. The summed E-state index contributed by atoms with van der Waals surface area (Å²) in [6.07, 6.45) is 3.14. The van der Waals surface area contributed by atoms with Crippen molar-refractivity contribution < 1.29 is 14.3 Å². The summed E-state index contributed by atoms with van der Waals surface area (Å²) >= 11 is 0. The molecule has 25 heavy (non-hydrogen) atoms. The minimum atomic E-state index is -0.871. The molecule has 3 nitrogen and oxygen atoms in total. The van der Waals surface area contributed by atoms with E-state index in [-0.39, 0.29) is 5.97 Å². The highest BCUT2D eigenvalue weighted by atomic mass is 16.7. The number of carbonyl (C=O) groups is 1. The molecular weight excluding hydrogens is 312 g/mol. The zero-order chi connectivity index (χ0) is 17.7. The smallest absolute Gasteiger partial charge is 0.345 e. The summed E-state index contributed by atoms with van der Waals surface area (Å²) in [5, 5.41) is 0. The standard InChI is InChI=1S/C22H24O3/c1-3-15-22(16-4-2)24-20(18-13-9-6-10-14-18)19(21(23)25-22)17-11-7-5-8-12-17/h5-14H,3-4,15-16H2,1-2H3. The van der Waals surface area contributed by atoms with E-state index >= 15 is 0 Å². The molecular formula is C22H24O3. The van der Waals surface area contributed by atoms with Gasteiger partial charge in [-0.05, 0) is 18.4 Å². The topological polar surface area (TPSA) is 35.5 Å². The number of esters is 1. The number of cyclic esters (lactones) is 1. The Balaban J connectivity index is 2.15. The fourth-order valence-corrected chi connectivity index (χ4v) is 3.31. The van der Waals surface area contributed by atoms with Crippen LogP contribution in [0, 0.1) is 0 Å². The van der Waals surface area contributed by atoms with Crippen molar-refractivity contribution in [2.24, 2.45) is 0 Å². The van der Waals surface area contributed by atoms with Crippen molar-refractivity contribution in [1.82, 2.24) is 0 Å². The first-order valence-electron chi connectivity index (χ1n) is 8.96. The fourth-order valence-electron chi connectivity index (χ4n) is 3.31. The second-order valence-corrected chi connectivity index (χ2v) is 6.34. The number of ether oxygens (including phenoxy) is 2. The second kappa shape index (κ2) is 7.56. The molecule has 0 aromatic heterocycles. The van der Waals surface area contributed by atoms with Crippen molar-refractivity contribution in [2.45, 2.75) is 45.3 Å². The molecule has 0 atom stereocenters. The lowest BCUT2D eigenvalue weighted by Crippen LogP contribution is -2.41. The first kappa shape index (κ1) is 17.3. The van der Waals surface area contributed by atoms with E-state index in [1.54, 1.807) is 0 Å². The summed E-state index contributed by atoms with van der Waals surface area (Å²) in [5.74, 6) is -0.563. The van der Waals surface area contributed by atoms with Crippen LogP contribution in [0.3, 0.4) is 0 Å². The number of hydrogen-bond donors (Lipinski definition) is 0. The normalized spacial score (nSPS) is 16.3. The van der Waals surface area contributed by atoms with E-state index in [0.29, 0.717) is 24.2 Å². The number of benzene rings is 2. The Morgan fingerprint density at radius 2 is 1.28 bits per heavy atom. The summed E-state index contributed by atoms with van der Waals surface area (Å²) in [6.45, 7) is 4.15. The Labute approximate surface area is 149 Å². The number of carbonyl (C=O) groups excluding carboxylic acids is 1. The van der Waals surface area contributed by atoms with Gasteiger partial charge in [0.2, 0.25) is 0 Å². The minimum Gasteiger partial charge on any atom is -0.451 e. The fraction of sp³-hybridized carbons (Fsp3) is 0.318. The van der Waals surface area contributed by atoms with Gasteiger partial charge in [-0.15, -0.1) is 0 Å². The molecule has 0 bridgehead atoms. The van der Waals surface area contributed by atoms with Gasteiger partial charge in [0.05, 0.1) is 0 Å². The van der Waals surface area contributed by atoms with E-state index in [1.807, 2.05) is 60.7 Å². The highest BCUT2D eigenvalue weighted by Crippen LogP contribution is 2.41. The summed E-state index contributed by atoms with van der Waals surface area (Å²) in [5.41, 5.74) is 2.21. The number of hydrogen-bond acceptors (Lipinski definition) is 3. The summed E-state index contributed by atoms with van der Waals surface area (Å²) in [7, 11) is 0. The third-order valence-electron chi connectivity index (χ3n) is 4.36. The van der Waals surface area contributed by atoms with Crippen molar-refractivity contribution in [1.29, 1.82) is 0 Å². The van der Waals surface area contributed by atoms with Crippen LogP contribution in [0.4, 0.5) is 0 Å². The van der Waals surface area contributed by atoms with Crippen LogP contribution in [-0.2, 0) is 14.3 Å². The molecule has 2 aromatic rings. The molecule has 3 rings (SSSR count). The van der Waals surface area contributed by atoms with E-state index in [4.69, 9.17) is 9.47 Å². The van der Waals surface area contributed by atoms with E-state index in [2.05, 4.69) is 13.8 Å². The predicted octanol–water partition coefficient (Wildman–Crippen LogP) is 5.42. The van der Waals surface area contributed by atoms with Crippen LogP contribution in [0.15, 0.2) is 60.7 Å². The molecule has 0 N–H and O–H groups in total. The van der Waals surface area contributed by atoms with Crippen molar-refractivity contribution >= 4 is 17.3 Å². The largest absolute Gasteiger partial charge is 0.451 e. The average molecular weight is 336 g/mol. The highest BCUT2D eigenvalue weighted by Gasteiger charge is 2.43. The third-order valence-corrected chi connectivity index (χ3v) is 4.36. The van der Waals surface area contributed by atoms with Crippen LogP contribution in [0.1, 0.15) is 50.7 Å². The van der Waals surface area contributed by atoms with E-state index in [0.717, 1.165) is 24.0 Å². The van der Waals surface area contributed by atoms with Crippen molar-refractivity contribution in [3.8, 4) is 0 Å². The lowest BCUT2D eigenvalue weighted by Gasteiger charge is -2.39. The molecule has 1 aliphatic rings. The maximum Gasteiger partial charge on any atom is 0.345 e. The molecule has 0 spiro atoms. The Kier molecular flexibility index (Phi) is 5.22. The molecule has 0 fully saturated rings. The second-order valence-electron chi connectivity index (χ2n) is 6.34. The molecule has 1 aliphatic heterocycles. The van der Waals surface area contributed by atoms with Crippen molar-refractivity contribution in [2.75, 3.05) is 0 Å². The van der Waals surface area contributed by atoms with Crippen molar-refractivity contribution in [3.63, 3.8) is 0 Å². The number of rotatable bonds is 6. The van der Waals surface area contributed by atoms with Crippen LogP contribution in [0.2, 0.25) is 0 Å². The van der Waals surface area contributed by atoms with Gasteiger partial charge in [0.15, 0.2) is 0 Å². The molecule has 130 valence electrons. The van der Waals surface area contributed by atoms with Gasteiger partial charge in [-0.2, -0.15) is 0 Å². The zero-order valence-corrected chi connectivity index (χ0v) is 14.8.